The molecule has 2 heterocycles. The molecule has 2 unspecified atom stereocenters. The third-order valence-corrected chi connectivity index (χ3v) is 3.83. The van der Waals surface area contributed by atoms with Gasteiger partial charge in [-0.05, 0) is 38.3 Å². The van der Waals surface area contributed by atoms with E-state index in [1.165, 1.54) is 0 Å². The molecule has 0 radical (unpaired) electrons. The molecule has 0 aromatic carbocycles. The van der Waals surface area contributed by atoms with Gasteiger partial charge in [-0.1, -0.05) is 18.8 Å². The minimum atomic E-state index is -0.0104. The first kappa shape index (κ1) is 14.5. The van der Waals surface area contributed by atoms with Gasteiger partial charge in [-0.3, -0.25) is 4.79 Å². The summed E-state index contributed by atoms with van der Waals surface area (Å²) >= 11 is 0. The molecule has 20 heavy (non-hydrogen) atoms. The Bertz CT molecular complexity index is 544. The summed E-state index contributed by atoms with van der Waals surface area (Å²) < 4.78 is 0. The van der Waals surface area contributed by atoms with Crippen LogP contribution < -0.4 is 5.73 Å². The number of hydrogen-bond donors (Lipinski definition) is 1. The number of aromatic nitrogens is 1. The van der Waals surface area contributed by atoms with Crippen molar-refractivity contribution in [2.45, 2.75) is 45.2 Å². The molecular formula is C16H21N3O. The van der Waals surface area contributed by atoms with E-state index in [4.69, 9.17) is 5.73 Å². The summed E-state index contributed by atoms with van der Waals surface area (Å²) in [6.07, 6.45) is 4.75. The standard InChI is InChI=1S/C16H21N3O/c1-3-14-9-8-12(2)19(14)16(20)15-13(6-4-10-17)7-5-11-18-15/h5,7,11-12,14H,3,8-10,17H2,1-2H3. The van der Waals surface area contributed by atoms with Crippen LogP contribution in [0.4, 0.5) is 0 Å². The number of amides is 1. The Morgan fingerprint density at radius 1 is 1.55 bits per heavy atom. The van der Waals surface area contributed by atoms with Gasteiger partial charge in [0.1, 0.15) is 5.69 Å². The van der Waals surface area contributed by atoms with Crippen molar-refractivity contribution in [3.05, 3.63) is 29.6 Å². The average molecular weight is 271 g/mol. The highest BCUT2D eigenvalue weighted by Crippen LogP contribution is 2.27. The Balaban J connectivity index is 2.33. The van der Waals surface area contributed by atoms with Crippen molar-refractivity contribution in [1.29, 1.82) is 0 Å². The first-order valence-electron chi connectivity index (χ1n) is 7.15. The van der Waals surface area contributed by atoms with Crippen LogP contribution in [-0.4, -0.2) is 34.4 Å². The SMILES string of the molecule is CCC1CCC(C)N1C(=O)c1ncccc1C#CCN. The minimum Gasteiger partial charge on any atom is -0.332 e. The average Bonchev–Trinajstić information content (AvgIpc) is 2.85. The van der Waals surface area contributed by atoms with Gasteiger partial charge in [-0.25, -0.2) is 4.98 Å². The van der Waals surface area contributed by atoms with Gasteiger partial charge < -0.3 is 10.6 Å². The summed E-state index contributed by atoms with van der Waals surface area (Å²) in [4.78, 5) is 19.0. The van der Waals surface area contributed by atoms with Crippen molar-refractivity contribution in [1.82, 2.24) is 9.88 Å². The lowest BCUT2D eigenvalue weighted by molar-refractivity contribution is 0.0670. The van der Waals surface area contributed by atoms with Crippen LogP contribution in [0.5, 0.6) is 0 Å². The van der Waals surface area contributed by atoms with E-state index in [0.717, 1.165) is 19.3 Å². The molecule has 1 aromatic rings. The van der Waals surface area contributed by atoms with E-state index in [1.807, 2.05) is 11.0 Å². The second-order valence-corrected chi connectivity index (χ2v) is 5.11. The van der Waals surface area contributed by atoms with E-state index in [1.54, 1.807) is 12.3 Å². The molecule has 2 rings (SSSR count). The zero-order chi connectivity index (χ0) is 14.5. The smallest absolute Gasteiger partial charge is 0.274 e. The molecule has 1 aromatic heterocycles. The molecule has 2 N–H and O–H groups in total. The van der Waals surface area contributed by atoms with Crippen molar-refractivity contribution < 1.29 is 4.79 Å². The van der Waals surface area contributed by atoms with E-state index in [2.05, 4.69) is 30.7 Å². The fourth-order valence-electron chi connectivity index (χ4n) is 2.78. The lowest BCUT2D eigenvalue weighted by Gasteiger charge is -2.27. The third kappa shape index (κ3) is 2.83. The summed E-state index contributed by atoms with van der Waals surface area (Å²) in [5.74, 6) is 5.72. The molecule has 1 fully saturated rings. The summed E-state index contributed by atoms with van der Waals surface area (Å²) in [6, 6.07) is 4.20. The number of hydrogen-bond acceptors (Lipinski definition) is 3. The first-order chi connectivity index (χ1) is 9.69. The van der Waals surface area contributed by atoms with Crippen LogP contribution in [0, 0.1) is 11.8 Å². The van der Waals surface area contributed by atoms with Crippen LogP contribution >= 0.6 is 0 Å². The lowest BCUT2D eigenvalue weighted by Crippen LogP contribution is -2.40. The maximum atomic E-state index is 12.8. The van der Waals surface area contributed by atoms with E-state index < -0.39 is 0 Å². The zero-order valence-corrected chi connectivity index (χ0v) is 12.1. The topological polar surface area (TPSA) is 59.2 Å². The fraction of sp³-hybridized carbons (Fsp3) is 0.500. The Morgan fingerprint density at radius 3 is 3.05 bits per heavy atom. The fourth-order valence-corrected chi connectivity index (χ4v) is 2.78. The Morgan fingerprint density at radius 2 is 2.35 bits per heavy atom. The van der Waals surface area contributed by atoms with Crippen LogP contribution in [0.25, 0.3) is 0 Å². The summed E-state index contributed by atoms with van der Waals surface area (Å²) in [6.45, 7) is 4.50. The molecule has 0 saturated carbocycles. The summed E-state index contributed by atoms with van der Waals surface area (Å²) in [7, 11) is 0. The van der Waals surface area contributed by atoms with Crippen molar-refractivity contribution in [2.24, 2.45) is 5.73 Å². The van der Waals surface area contributed by atoms with Gasteiger partial charge in [0.15, 0.2) is 0 Å². The molecular weight excluding hydrogens is 250 g/mol. The molecule has 0 spiro atoms. The molecule has 4 heteroatoms. The van der Waals surface area contributed by atoms with Crippen molar-refractivity contribution in [2.75, 3.05) is 6.54 Å². The molecule has 1 aliphatic rings. The number of carbonyl (C=O) groups excluding carboxylic acids is 1. The largest absolute Gasteiger partial charge is 0.332 e. The second-order valence-electron chi connectivity index (χ2n) is 5.11. The maximum absolute atomic E-state index is 12.8. The zero-order valence-electron chi connectivity index (χ0n) is 12.1. The Hall–Kier alpha value is -1.86. The highest BCUT2D eigenvalue weighted by atomic mass is 16.2. The third-order valence-electron chi connectivity index (χ3n) is 3.83. The van der Waals surface area contributed by atoms with Gasteiger partial charge in [-0.15, -0.1) is 0 Å². The van der Waals surface area contributed by atoms with Crippen LogP contribution in [0.15, 0.2) is 18.3 Å². The molecule has 2 atom stereocenters. The maximum Gasteiger partial charge on any atom is 0.274 e. The number of nitrogens with two attached hydrogens (primary N) is 1. The highest BCUT2D eigenvalue weighted by molar-refractivity contribution is 5.95. The molecule has 0 aliphatic carbocycles. The van der Waals surface area contributed by atoms with Crippen molar-refractivity contribution in [3.63, 3.8) is 0 Å². The van der Waals surface area contributed by atoms with Crippen LogP contribution in [0.2, 0.25) is 0 Å². The Kier molecular flexibility index (Phi) is 4.75. The predicted molar refractivity (Wildman–Crippen MR) is 79.1 cm³/mol. The number of carbonyl (C=O) groups is 1. The van der Waals surface area contributed by atoms with Gasteiger partial charge >= 0.3 is 0 Å². The number of pyridine rings is 1. The molecule has 1 aliphatic heterocycles. The highest BCUT2D eigenvalue weighted by Gasteiger charge is 2.34. The number of rotatable bonds is 2. The monoisotopic (exact) mass is 271 g/mol. The van der Waals surface area contributed by atoms with E-state index >= 15 is 0 Å². The van der Waals surface area contributed by atoms with Crippen LogP contribution in [0.3, 0.4) is 0 Å². The van der Waals surface area contributed by atoms with Gasteiger partial charge in [0.25, 0.3) is 5.91 Å². The quantitative estimate of drug-likeness (QED) is 0.834. The van der Waals surface area contributed by atoms with Crippen molar-refractivity contribution in [3.8, 4) is 11.8 Å². The van der Waals surface area contributed by atoms with Crippen LogP contribution in [0.1, 0.15) is 49.2 Å². The molecule has 4 nitrogen and oxygen atoms in total. The Labute approximate surface area is 120 Å². The minimum absolute atomic E-state index is 0.0104. The lowest BCUT2D eigenvalue weighted by atomic mass is 10.1. The van der Waals surface area contributed by atoms with Crippen LogP contribution in [-0.2, 0) is 0 Å². The van der Waals surface area contributed by atoms with E-state index in [0.29, 0.717) is 17.3 Å². The second kappa shape index (κ2) is 6.53. The molecule has 0 bridgehead atoms. The summed E-state index contributed by atoms with van der Waals surface area (Å²) in [5.41, 5.74) is 6.51. The van der Waals surface area contributed by atoms with Crippen molar-refractivity contribution >= 4 is 5.91 Å². The molecule has 106 valence electrons. The molecule has 1 amide bonds. The van der Waals surface area contributed by atoms with E-state index in [-0.39, 0.29) is 18.5 Å². The predicted octanol–water partition coefficient (Wildman–Crippen LogP) is 1.79. The van der Waals surface area contributed by atoms with E-state index in [9.17, 15) is 4.79 Å². The first-order valence-corrected chi connectivity index (χ1v) is 7.15. The van der Waals surface area contributed by atoms with Gasteiger partial charge in [0.2, 0.25) is 0 Å². The number of nitrogens with zero attached hydrogens (tertiary/aromatic N) is 2. The summed E-state index contributed by atoms with van der Waals surface area (Å²) in [5, 5.41) is 0. The normalized spacial score (nSPS) is 21.4. The van der Waals surface area contributed by atoms with Gasteiger partial charge in [0.05, 0.1) is 12.1 Å². The molecule has 1 saturated heterocycles. The van der Waals surface area contributed by atoms with Gasteiger partial charge in [-0.2, -0.15) is 0 Å². The van der Waals surface area contributed by atoms with Gasteiger partial charge in [0, 0.05) is 18.3 Å². The number of likely N-dealkylation sites (tertiary alicyclic amines) is 1.